The summed E-state index contributed by atoms with van der Waals surface area (Å²) in [6.45, 7) is 0.250. The van der Waals surface area contributed by atoms with Gasteiger partial charge in [-0.05, 0) is 36.4 Å². The number of urea groups is 1. The summed E-state index contributed by atoms with van der Waals surface area (Å²) in [4.78, 5) is 13.6. The van der Waals surface area contributed by atoms with Crippen molar-refractivity contribution in [2.45, 2.75) is 12.7 Å². The fraction of sp³-hybridized carbons (Fsp3) is 0.278. The van der Waals surface area contributed by atoms with Crippen LogP contribution in [0.1, 0.15) is 11.1 Å². The van der Waals surface area contributed by atoms with E-state index in [0.29, 0.717) is 11.5 Å². The molecule has 0 radical (unpaired) electrons. The normalized spacial score (nSPS) is 11.0. The highest BCUT2D eigenvalue weighted by Crippen LogP contribution is 2.30. The number of carbonyl (C=O) groups excluding carboxylic acids is 1. The first-order valence-corrected chi connectivity index (χ1v) is 7.65. The molecule has 2 rings (SSSR count). The van der Waals surface area contributed by atoms with Crippen molar-refractivity contribution in [3.63, 3.8) is 0 Å². The van der Waals surface area contributed by atoms with Crippen LogP contribution >= 0.6 is 0 Å². The van der Waals surface area contributed by atoms with Crippen molar-refractivity contribution in [2.24, 2.45) is 0 Å². The topological polar surface area (TPSA) is 50.8 Å². The van der Waals surface area contributed by atoms with Crippen LogP contribution in [0.25, 0.3) is 0 Å². The molecular formula is C18H19F3N2O3. The third-order valence-corrected chi connectivity index (χ3v) is 3.71. The molecular weight excluding hydrogens is 349 g/mol. The third kappa shape index (κ3) is 4.81. The number of nitrogens with zero attached hydrogens (tertiary/aromatic N) is 1. The lowest BCUT2D eigenvalue weighted by Gasteiger charge is -2.20. The molecule has 26 heavy (non-hydrogen) atoms. The molecule has 0 spiro atoms. The minimum Gasteiger partial charge on any atom is -0.497 e. The van der Waals surface area contributed by atoms with Crippen LogP contribution in [0.2, 0.25) is 0 Å². The zero-order valence-corrected chi connectivity index (χ0v) is 14.6. The number of amides is 2. The summed E-state index contributed by atoms with van der Waals surface area (Å²) in [6.07, 6.45) is -4.41. The molecule has 0 fully saturated rings. The van der Waals surface area contributed by atoms with Crippen molar-refractivity contribution in [2.75, 3.05) is 26.6 Å². The van der Waals surface area contributed by atoms with E-state index in [1.165, 1.54) is 31.3 Å². The van der Waals surface area contributed by atoms with Crippen LogP contribution in [0.15, 0.2) is 42.5 Å². The molecule has 0 saturated heterocycles. The predicted octanol–water partition coefficient (Wildman–Crippen LogP) is 4.39. The quantitative estimate of drug-likeness (QED) is 0.852. The number of hydrogen-bond acceptors (Lipinski definition) is 3. The standard InChI is InChI=1S/C18H19F3N2O3/c1-23(11-12-4-9-15(25-2)10-16(12)26-3)17(24)22-14-7-5-13(6-8-14)18(19,20)21/h4-10H,11H2,1-3H3,(H,22,24). The number of hydrogen-bond donors (Lipinski definition) is 1. The van der Waals surface area contributed by atoms with Crippen LogP contribution in [0.4, 0.5) is 23.7 Å². The van der Waals surface area contributed by atoms with E-state index in [1.54, 1.807) is 25.2 Å². The molecule has 0 saturated carbocycles. The maximum absolute atomic E-state index is 12.6. The van der Waals surface area contributed by atoms with E-state index in [-0.39, 0.29) is 12.2 Å². The van der Waals surface area contributed by atoms with Gasteiger partial charge in [-0.15, -0.1) is 0 Å². The molecule has 8 heteroatoms. The minimum absolute atomic E-state index is 0.250. The van der Waals surface area contributed by atoms with Crippen LogP contribution < -0.4 is 14.8 Å². The maximum Gasteiger partial charge on any atom is 0.416 e. The van der Waals surface area contributed by atoms with Crippen LogP contribution in [-0.4, -0.2) is 32.2 Å². The summed E-state index contributed by atoms with van der Waals surface area (Å²) in [5.41, 5.74) is 0.265. The molecule has 0 aliphatic heterocycles. The Morgan fingerprint density at radius 3 is 2.27 bits per heavy atom. The second kappa shape index (κ2) is 7.99. The van der Waals surface area contributed by atoms with E-state index < -0.39 is 17.8 Å². The van der Waals surface area contributed by atoms with Crippen molar-refractivity contribution in [1.29, 1.82) is 0 Å². The molecule has 0 aromatic heterocycles. The molecule has 0 unspecified atom stereocenters. The third-order valence-electron chi connectivity index (χ3n) is 3.71. The highest BCUT2D eigenvalue weighted by molar-refractivity contribution is 5.89. The number of benzene rings is 2. The van der Waals surface area contributed by atoms with Gasteiger partial charge in [-0.25, -0.2) is 4.79 Å². The average molecular weight is 368 g/mol. The SMILES string of the molecule is COc1ccc(CN(C)C(=O)Nc2ccc(C(F)(F)F)cc2)c(OC)c1. The van der Waals surface area contributed by atoms with Crippen molar-refractivity contribution in [3.8, 4) is 11.5 Å². The highest BCUT2D eigenvalue weighted by atomic mass is 19.4. The van der Waals surface area contributed by atoms with Crippen LogP contribution in [-0.2, 0) is 12.7 Å². The lowest BCUT2D eigenvalue weighted by Crippen LogP contribution is -2.31. The number of carbonyl (C=O) groups is 1. The molecule has 2 aromatic rings. The zero-order valence-electron chi connectivity index (χ0n) is 14.6. The molecule has 140 valence electrons. The Morgan fingerprint density at radius 1 is 1.08 bits per heavy atom. The van der Waals surface area contributed by atoms with Gasteiger partial charge in [0.2, 0.25) is 0 Å². The van der Waals surface area contributed by atoms with Gasteiger partial charge in [0, 0.05) is 24.4 Å². The number of halogens is 3. The van der Waals surface area contributed by atoms with Gasteiger partial charge in [-0.2, -0.15) is 13.2 Å². The van der Waals surface area contributed by atoms with E-state index in [2.05, 4.69) is 5.32 Å². The van der Waals surface area contributed by atoms with E-state index >= 15 is 0 Å². The Hall–Kier alpha value is -2.90. The van der Waals surface area contributed by atoms with Gasteiger partial charge in [-0.1, -0.05) is 0 Å². The molecule has 0 aliphatic rings. The second-order valence-electron chi connectivity index (χ2n) is 5.54. The summed E-state index contributed by atoms with van der Waals surface area (Å²) in [5, 5.41) is 2.55. The number of anilines is 1. The fourth-order valence-corrected chi connectivity index (χ4v) is 2.27. The Balaban J connectivity index is 2.04. The molecule has 0 heterocycles. The maximum atomic E-state index is 12.6. The number of rotatable bonds is 5. The summed E-state index contributed by atoms with van der Waals surface area (Å²) < 4.78 is 48.1. The first-order valence-electron chi connectivity index (χ1n) is 7.65. The lowest BCUT2D eigenvalue weighted by atomic mass is 10.2. The predicted molar refractivity (Wildman–Crippen MR) is 91.5 cm³/mol. The summed E-state index contributed by atoms with van der Waals surface area (Å²) in [5.74, 6) is 1.20. The van der Waals surface area contributed by atoms with Gasteiger partial charge < -0.3 is 19.7 Å². The largest absolute Gasteiger partial charge is 0.497 e. The number of alkyl halides is 3. The molecule has 0 bridgehead atoms. The lowest BCUT2D eigenvalue weighted by molar-refractivity contribution is -0.137. The first kappa shape index (κ1) is 19.4. The Labute approximate surface area is 149 Å². The van der Waals surface area contributed by atoms with Crippen molar-refractivity contribution >= 4 is 11.7 Å². The second-order valence-corrected chi connectivity index (χ2v) is 5.54. The minimum atomic E-state index is -4.41. The number of ether oxygens (including phenoxy) is 2. The van der Waals surface area contributed by atoms with Gasteiger partial charge in [0.15, 0.2) is 0 Å². The van der Waals surface area contributed by atoms with Gasteiger partial charge in [-0.3, -0.25) is 0 Å². The molecule has 2 amide bonds. The van der Waals surface area contributed by atoms with Crippen molar-refractivity contribution < 1.29 is 27.4 Å². The summed E-state index contributed by atoms with van der Waals surface area (Å²) >= 11 is 0. The van der Waals surface area contributed by atoms with E-state index in [0.717, 1.165) is 17.7 Å². The number of methoxy groups -OCH3 is 2. The highest BCUT2D eigenvalue weighted by Gasteiger charge is 2.30. The van der Waals surface area contributed by atoms with E-state index in [9.17, 15) is 18.0 Å². The van der Waals surface area contributed by atoms with Crippen LogP contribution in [0.5, 0.6) is 11.5 Å². The molecule has 0 aliphatic carbocycles. The van der Waals surface area contributed by atoms with Gasteiger partial charge in [0.05, 0.1) is 26.3 Å². The monoisotopic (exact) mass is 368 g/mol. The first-order chi connectivity index (χ1) is 12.2. The molecule has 5 nitrogen and oxygen atoms in total. The zero-order chi connectivity index (χ0) is 19.3. The summed E-state index contributed by atoms with van der Waals surface area (Å²) in [7, 11) is 4.63. The van der Waals surface area contributed by atoms with Crippen molar-refractivity contribution in [3.05, 3.63) is 53.6 Å². The van der Waals surface area contributed by atoms with Gasteiger partial charge in [0.1, 0.15) is 11.5 Å². The fourth-order valence-electron chi connectivity index (χ4n) is 2.27. The summed E-state index contributed by atoms with van der Waals surface area (Å²) in [6, 6.07) is 9.04. The Morgan fingerprint density at radius 2 is 1.73 bits per heavy atom. The Kier molecular flexibility index (Phi) is 5.97. The van der Waals surface area contributed by atoms with Crippen LogP contribution in [0.3, 0.4) is 0 Å². The Bertz CT molecular complexity index is 761. The molecule has 2 aromatic carbocycles. The molecule has 1 N–H and O–H groups in total. The number of nitrogens with one attached hydrogen (secondary N) is 1. The van der Waals surface area contributed by atoms with E-state index in [1.807, 2.05) is 0 Å². The van der Waals surface area contributed by atoms with Crippen molar-refractivity contribution in [1.82, 2.24) is 4.90 Å². The molecule has 0 atom stereocenters. The smallest absolute Gasteiger partial charge is 0.416 e. The average Bonchev–Trinajstić information content (AvgIpc) is 2.61. The van der Waals surface area contributed by atoms with Crippen LogP contribution in [0, 0.1) is 0 Å². The van der Waals surface area contributed by atoms with Gasteiger partial charge in [0.25, 0.3) is 0 Å². The van der Waals surface area contributed by atoms with Gasteiger partial charge >= 0.3 is 12.2 Å². The van der Waals surface area contributed by atoms with E-state index in [4.69, 9.17) is 9.47 Å².